The van der Waals surface area contributed by atoms with Crippen LogP contribution < -0.4 is 0 Å². The Balaban J connectivity index is 1.68. The smallest absolute Gasteiger partial charge is 0.0874 e. The molecule has 0 radical (unpaired) electrons. The van der Waals surface area contributed by atoms with Gasteiger partial charge >= 0.3 is 0 Å². The van der Waals surface area contributed by atoms with Crippen LogP contribution in [0.25, 0.3) is 0 Å². The van der Waals surface area contributed by atoms with E-state index < -0.39 is 0 Å². The zero-order chi connectivity index (χ0) is 7.00. The fourth-order valence-electron chi connectivity index (χ4n) is 3.29. The van der Waals surface area contributed by atoms with Gasteiger partial charge in [-0.3, -0.25) is 0 Å². The second-order valence-electron chi connectivity index (χ2n) is 4.42. The van der Waals surface area contributed by atoms with Crippen molar-refractivity contribution < 1.29 is 9.47 Å². The fourth-order valence-corrected chi connectivity index (χ4v) is 3.29. The van der Waals surface area contributed by atoms with E-state index in [0.29, 0.717) is 24.4 Å². The van der Waals surface area contributed by atoms with Crippen LogP contribution in [0.5, 0.6) is 0 Å². The van der Waals surface area contributed by atoms with Crippen LogP contribution >= 0.6 is 0 Å². The van der Waals surface area contributed by atoms with Gasteiger partial charge in [0.1, 0.15) is 0 Å². The minimum Gasteiger partial charge on any atom is -0.369 e. The second-order valence-corrected chi connectivity index (χ2v) is 4.42. The Bertz CT molecular complexity index is 216. The predicted octanol–water partition coefficient (Wildman–Crippen LogP) is 0.951. The maximum absolute atomic E-state index is 5.61. The maximum Gasteiger partial charge on any atom is 0.0874 e. The largest absolute Gasteiger partial charge is 0.369 e. The Hall–Kier alpha value is -0.0800. The first kappa shape index (κ1) is 5.55. The van der Waals surface area contributed by atoms with Crippen molar-refractivity contribution in [3.05, 3.63) is 0 Å². The average molecular weight is 152 g/mol. The zero-order valence-electron chi connectivity index (χ0n) is 6.40. The highest BCUT2D eigenvalue weighted by Crippen LogP contribution is 2.57. The lowest BCUT2D eigenvalue weighted by molar-refractivity contribution is 0.162. The Morgan fingerprint density at radius 2 is 1.64 bits per heavy atom. The lowest BCUT2D eigenvalue weighted by Crippen LogP contribution is -2.26. The van der Waals surface area contributed by atoms with E-state index in [1.54, 1.807) is 0 Å². The van der Waals surface area contributed by atoms with Crippen molar-refractivity contribution in [2.45, 2.75) is 43.7 Å². The molecule has 4 rings (SSSR count). The third-order valence-corrected chi connectivity index (χ3v) is 3.93. The molecule has 6 atom stereocenters. The highest BCUT2D eigenvalue weighted by molar-refractivity contribution is 5.11. The molecular weight excluding hydrogens is 140 g/mol. The summed E-state index contributed by atoms with van der Waals surface area (Å²) in [6.45, 7) is 0. The minimum absolute atomic E-state index is 0.646. The van der Waals surface area contributed by atoms with Crippen molar-refractivity contribution in [1.82, 2.24) is 0 Å². The van der Waals surface area contributed by atoms with Crippen LogP contribution in [0.15, 0.2) is 0 Å². The standard InChI is InChI=1S/C9H12O2/c1-2-6-9(10-6)5-3-7-8(11-7)4(1)5/h4-9H,1-3H2. The number of ether oxygens (including phenoxy) is 2. The van der Waals surface area contributed by atoms with E-state index in [1.165, 1.54) is 19.3 Å². The molecule has 4 fully saturated rings. The van der Waals surface area contributed by atoms with Gasteiger partial charge in [0.2, 0.25) is 0 Å². The van der Waals surface area contributed by atoms with Crippen LogP contribution in [0.4, 0.5) is 0 Å². The Morgan fingerprint density at radius 3 is 2.64 bits per heavy atom. The fraction of sp³-hybridized carbons (Fsp3) is 1.00. The van der Waals surface area contributed by atoms with Crippen molar-refractivity contribution in [2.75, 3.05) is 0 Å². The molecule has 60 valence electrons. The first-order chi connectivity index (χ1) is 5.43. The summed E-state index contributed by atoms with van der Waals surface area (Å²) in [4.78, 5) is 0. The summed E-state index contributed by atoms with van der Waals surface area (Å²) in [5.41, 5.74) is 0. The van der Waals surface area contributed by atoms with Crippen LogP contribution in [-0.2, 0) is 9.47 Å². The van der Waals surface area contributed by atoms with Crippen molar-refractivity contribution in [1.29, 1.82) is 0 Å². The first-order valence-corrected chi connectivity index (χ1v) is 4.74. The number of hydrogen-bond acceptors (Lipinski definition) is 2. The predicted molar refractivity (Wildman–Crippen MR) is 38.2 cm³/mol. The number of hydrogen-bond donors (Lipinski definition) is 0. The van der Waals surface area contributed by atoms with Gasteiger partial charge in [0.15, 0.2) is 0 Å². The summed E-state index contributed by atoms with van der Waals surface area (Å²) in [5, 5.41) is 0. The molecule has 2 saturated heterocycles. The number of fused-ring (bicyclic) bond motifs is 5. The van der Waals surface area contributed by atoms with E-state index in [2.05, 4.69) is 0 Å². The third-order valence-electron chi connectivity index (χ3n) is 3.93. The zero-order valence-corrected chi connectivity index (χ0v) is 6.40. The molecule has 6 unspecified atom stereocenters. The van der Waals surface area contributed by atoms with Gasteiger partial charge in [0.25, 0.3) is 0 Å². The van der Waals surface area contributed by atoms with Crippen LogP contribution in [-0.4, -0.2) is 24.4 Å². The summed E-state index contributed by atoms with van der Waals surface area (Å²) in [6, 6.07) is 0. The van der Waals surface area contributed by atoms with Crippen molar-refractivity contribution in [3.8, 4) is 0 Å². The molecule has 2 nitrogen and oxygen atoms in total. The Labute approximate surface area is 65.9 Å². The molecule has 2 aliphatic carbocycles. The van der Waals surface area contributed by atoms with E-state index in [1.807, 2.05) is 0 Å². The number of rotatable bonds is 0. The van der Waals surface area contributed by atoms with E-state index in [4.69, 9.17) is 9.47 Å². The van der Waals surface area contributed by atoms with Gasteiger partial charge in [0.05, 0.1) is 24.4 Å². The van der Waals surface area contributed by atoms with Crippen molar-refractivity contribution in [3.63, 3.8) is 0 Å². The van der Waals surface area contributed by atoms with Gasteiger partial charge in [-0.25, -0.2) is 0 Å². The molecule has 2 aliphatic heterocycles. The van der Waals surface area contributed by atoms with Gasteiger partial charge in [-0.15, -0.1) is 0 Å². The molecule has 2 heteroatoms. The SMILES string of the molecule is C1CC2C(CC3OC32)C2OC12. The normalized spacial score (nSPS) is 69.8. The van der Waals surface area contributed by atoms with Crippen LogP contribution in [0.2, 0.25) is 0 Å². The summed E-state index contributed by atoms with van der Waals surface area (Å²) in [6.07, 6.45) is 6.60. The molecule has 0 aromatic heterocycles. The van der Waals surface area contributed by atoms with Crippen molar-refractivity contribution >= 4 is 0 Å². The minimum atomic E-state index is 0.646. The van der Waals surface area contributed by atoms with Gasteiger partial charge in [-0.1, -0.05) is 0 Å². The lowest BCUT2D eigenvalue weighted by atomic mass is 9.81. The quantitative estimate of drug-likeness (QED) is 0.483. The average Bonchev–Trinajstić information content (AvgIpc) is 2.88. The maximum atomic E-state index is 5.61. The monoisotopic (exact) mass is 152 g/mol. The highest BCUT2D eigenvalue weighted by Gasteiger charge is 2.64. The van der Waals surface area contributed by atoms with E-state index in [0.717, 1.165) is 11.8 Å². The van der Waals surface area contributed by atoms with Gasteiger partial charge in [-0.2, -0.15) is 0 Å². The Morgan fingerprint density at radius 1 is 0.818 bits per heavy atom. The molecule has 0 aromatic carbocycles. The molecule has 4 aliphatic rings. The van der Waals surface area contributed by atoms with Crippen LogP contribution in [0.3, 0.4) is 0 Å². The van der Waals surface area contributed by atoms with Gasteiger partial charge in [0, 0.05) is 0 Å². The van der Waals surface area contributed by atoms with E-state index in [9.17, 15) is 0 Å². The third kappa shape index (κ3) is 0.574. The summed E-state index contributed by atoms with van der Waals surface area (Å²) < 4.78 is 11.1. The summed E-state index contributed by atoms with van der Waals surface area (Å²) >= 11 is 0. The molecule has 2 heterocycles. The molecule has 0 spiro atoms. The summed E-state index contributed by atoms with van der Waals surface area (Å²) in [7, 11) is 0. The van der Waals surface area contributed by atoms with Gasteiger partial charge in [-0.05, 0) is 31.1 Å². The van der Waals surface area contributed by atoms with Gasteiger partial charge < -0.3 is 9.47 Å². The summed E-state index contributed by atoms with van der Waals surface area (Å²) in [5.74, 6) is 1.77. The topological polar surface area (TPSA) is 25.1 Å². The molecular formula is C9H12O2. The molecule has 0 bridgehead atoms. The van der Waals surface area contributed by atoms with Crippen molar-refractivity contribution in [2.24, 2.45) is 11.8 Å². The molecule has 11 heavy (non-hydrogen) atoms. The number of epoxide rings is 2. The van der Waals surface area contributed by atoms with Crippen LogP contribution in [0, 0.1) is 11.8 Å². The highest BCUT2D eigenvalue weighted by atomic mass is 16.6. The van der Waals surface area contributed by atoms with E-state index >= 15 is 0 Å². The van der Waals surface area contributed by atoms with Crippen LogP contribution in [0.1, 0.15) is 19.3 Å². The second kappa shape index (κ2) is 1.50. The first-order valence-electron chi connectivity index (χ1n) is 4.74. The molecule has 0 N–H and O–H groups in total. The molecule has 0 amide bonds. The Kier molecular flexibility index (Phi) is 0.758. The molecule has 0 aromatic rings. The molecule has 2 saturated carbocycles. The van der Waals surface area contributed by atoms with E-state index in [-0.39, 0.29) is 0 Å². The lowest BCUT2D eigenvalue weighted by Gasteiger charge is -2.23.